The molecule has 0 radical (unpaired) electrons. The van der Waals surface area contributed by atoms with Crippen molar-refractivity contribution in [2.75, 3.05) is 0 Å². The lowest BCUT2D eigenvalue weighted by Crippen LogP contribution is -2.41. The van der Waals surface area contributed by atoms with Crippen LogP contribution < -0.4 is 0 Å². The van der Waals surface area contributed by atoms with Gasteiger partial charge in [-0.1, -0.05) is 206 Å². The third-order valence-electron chi connectivity index (χ3n) is 10.9. The summed E-state index contributed by atoms with van der Waals surface area (Å²) < 4.78 is 29.6. The molecule has 0 atom stereocenters. The van der Waals surface area contributed by atoms with E-state index in [1.54, 1.807) is 0 Å². The molecule has 8 aromatic carbocycles. The van der Waals surface area contributed by atoms with Crippen LogP contribution in [0.1, 0.15) is 33.4 Å². The maximum absolute atomic E-state index is 15.3. The van der Waals surface area contributed by atoms with Crippen LogP contribution in [0.5, 0.6) is 0 Å². The monoisotopic (exact) mass is 750 g/mol. The van der Waals surface area contributed by atoms with E-state index >= 15 is 4.57 Å². The Kier molecular flexibility index (Phi) is 11.7. The summed E-state index contributed by atoms with van der Waals surface area (Å²) in [6, 6.07) is 71.6. The molecule has 0 bridgehead atoms. The summed E-state index contributed by atoms with van der Waals surface area (Å²) >= 11 is 0. The van der Waals surface area contributed by atoms with Gasteiger partial charge in [-0.15, -0.1) is 0 Å². The lowest BCUT2D eigenvalue weighted by atomic mass is 9.82. The number of rotatable bonds is 16. The molecule has 0 aromatic heterocycles. The van der Waals surface area contributed by atoms with Crippen LogP contribution in [0.3, 0.4) is 0 Å². The van der Waals surface area contributed by atoms with Crippen molar-refractivity contribution in [3.05, 3.63) is 240 Å². The number of hydrogen-bond donors (Lipinski definition) is 0. The van der Waals surface area contributed by atoms with Gasteiger partial charge in [0.2, 0.25) is 0 Å². The van der Waals surface area contributed by atoms with Crippen molar-refractivity contribution < 1.29 is 13.6 Å². The molecule has 0 fully saturated rings. The van der Waals surface area contributed by atoms with Crippen molar-refractivity contribution in [2.24, 2.45) is 0 Å². The minimum absolute atomic E-state index is 0.547. The molecule has 8 rings (SSSR count). The van der Waals surface area contributed by atoms with E-state index in [0.29, 0.717) is 38.5 Å². The Morgan fingerprint density at radius 3 is 0.946 bits per heavy atom. The Bertz CT molecular complexity index is 2230. The Balaban J connectivity index is 1.24. The predicted molar refractivity (Wildman–Crippen MR) is 233 cm³/mol. The maximum atomic E-state index is 15.3. The van der Waals surface area contributed by atoms with Gasteiger partial charge < -0.3 is 9.05 Å². The molecule has 0 spiro atoms. The third-order valence-corrected chi connectivity index (χ3v) is 12.1. The number of fused-ring (bicyclic) bond motifs is 2. The van der Waals surface area contributed by atoms with Gasteiger partial charge in [0, 0.05) is 38.5 Å². The zero-order valence-corrected chi connectivity index (χ0v) is 32.6. The van der Waals surface area contributed by atoms with E-state index in [4.69, 9.17) is 9.05 Å². The van der Waals surface area contributed by atoms with E-state index in [0.717, 1.165) is 33.4 Å². The molecule has 0 saturated heterocycles. The summed E-state index contributed by atoms with van der Waals surface area (Å²) in [5, 5.41) is 4.68. The van der Waals surface area contributed by atoms with Gasteiger partial charge in [-0.2, -0.15) is 0 Å². The summed E-state index contributed by atoms with van der Waals surface area (Å²) in [4.78, 5) is 0. The maximum Gasteiger partial charge on any atom is 0.320 e. The van der Waals surface area contributed by atoms with E-state index in [1.165, 1.54) is 21.5 Å². The van der Waals surface area contributed by atoms with Crippen molar-refractivity contribution in [3.63, 3.8) is 0 Å². The Morgan fingerprint density at radius 2 is 0.607 bits per heavy atom. The molecule has 4 heteroatoms. The number of hydrogen-bond acceptors (Lipinski definition) is 3. The minimum atomic E-state index is -3.17. The normalized spacial score (nSPS) is 12.0. The van der Waals surface area contributed by atoms with Gasteiger partial charge >= 0.3 is 8.25 Å². The van der Waals surface area contributed by atoms with E-state index < -0.39 is 19.5 Å². The van der Waals surface area contributed by atoms with E-state index in [2.05, 4.69) is 182 Å². The molecule has 3 nitrogen and oxygen atoms in total. The summed E-state index contributed by atoms with van der Waals surface area (Å²) in [5.74, 6) is 0. The Labute approximate surface area is 331 Å². The van der Waals surface area contributed by atoms with Crippen LogP contribution >= 0.6 is 8.25 Å². The fourth-order valence-electron chi connectivity index (χ4n) is 8.42. The molecule has 0 aliphatic carbocycles. The molecule has 8 aromatic rings. The SMILES string of the molecule is O=[PH](OC(Cc1ccccc1)(Cc1ccccc1)Cc1cccc2ccccc12)OC(Cc1ccccc1)(Cc1ccccc1)Cc1cccc2ccccc12. The Hall–Kier alpha value is -5.57. The first-order chi connectivity index (χ1) is 27.5. The van der Waals surface area contributed by atoms with E-state index in [9.17, 15) is 0 Å². The summed E-state index contributed by atoms with van der Waals surface area (Å²) in [5.41, 5.74) is 4.99. The molecule has 0 saturated carbocycles. The lowest BCUT2D eigenvalue weighted by Gasteiger charge is -2.38. The quantitative estimate of drug-likeness (QED) is 0.0923. The first kappa shape index (κ1) is 37.4. The standard InChI is InChI=1S/C52H47O3P/c53-56(54-51(35-41-19-5-1-6-20-41,36-42-21-7-2-8-22-42)39-47-31-17-29-45-27-13-15-33-49(45)47)55-52(37-43-23-9-3-10-24-43,38-44-25-11-4-12-26-44)40-48-32-18-30-46-28-14-16-34-50(46)48/h1-34,56H,35-40H2. The summed E-state index contributed by atoms with van der Waals surface area (Å²) in [6.45, 7) is 0. The van der Waals surface area contributed by atoms with Crippen molar-refractivity contribution in [3.8, 4) is 0 Å². The van der Waals surface area contributed by atoms with E-state index in [-0.39, 0.29) is 0 Å². The second-order valence-corrected chi connectivity index (χ2v) is 16.0. The third kappa shape index (κ3) is 9.27. The Morgan fingerprint density at radius 1 is 0.321 bits per heavy atom. The molecular formula is C52H47O3P. The highest BCUT2D eigenvalue weighted by atomic mass is 31.1. The highest BCUT2D eigenvalue weighted by Crippen LogP contribution is 2.45. The van der Waals surface area contributed by atoms with Crippen molar-refractivity contribution in [2.45, 2.75) is 49.7 Å². The van der Waals surface area contributed by atoms with Gasteiger partial charge in [0.15, 0.2) is 0 Å². The van der Waals surface area contributed by atoms with Crippen molar-refractivity contribution >= 4 is 29.8 Å². The van der Waals surface area contributed by atoms with Crippen LogP contribution in [0.4, 0.5) is 0 Å². The highest BCUT2D eigenvalue weighted by Gasteiger charge is 2.40. The fraction of sp³-hybridized carbons (Fsp3) is 0.154. The predicted octanol–water partition coefficient (Wildman–Crippen LogP) is 12.6. The van der Waals surface area contributed by atoms with Gasteiger partial charge in [0.1, 0.15) is 0 Å². The van der Waals surface area contributed by atoms with Crippen molar-refractivity contribution in [1.29, 1.82) is 0 Å². The van der Waals surface area contributed by atoms with E-state index in [1.807, 2.05) is 24.3 Å². The van der Waals surface area contributed by atoms with Gasteiger partial charge in [-0.25, -0.2) is 0 Å². The van der Waals surface area contributed by atoms with Gasteiger partial charge in [-0.05, 0) is 54.9 Å². The zero-order chi connectivity index (χ0) is 38.0. The van der Waals surface area contributed by atoms with Crippen LogP contribution in [-0.2, 0) is 52.1 Å². The second-order valence-electron chi connectivity index (χ2n) is 15.1. The minimum Gasteiger partial charge on any atom is -0.303 e. The summed E-state index contributed by atoms with van der Waals surface area (Å²) in [7, 11) is -3.17. The van der Waals surface area contributed by atoms with Gasteiger partial charge in [0.05, 0.1) is 11.2 Å². The average molecular weight is 751 g/mol. The van der Waals surface area contributed by atoms with Crippen LogP contribution in [0.25, 0.3) is 21.5 Å². The average Bonchev–Trinajstić information content (AvgIpc) is 3.22. The number of benzene rings is 8. The first-order valence-electron chi connectivity index (χ1n) is 19.5. The molecule has 0 unspecified atom stereocenters. The second kappa shape index (κ2) is 17.5. The van der Waals surface area contributed by atoms with Crippen LogP contribution in [-0.4, -0.2) is 11.2 Å². The molecule has 56 heavy (non-hydrogen) atoms. The zero-order valence-electron chi connectivity index (χ0n) is 31.6. The van der Waals surface area contributed by atoms with Crippen molar-refractivity contribution in [1.82, 2.24) is 0 Å². The summed E-state index contributed by atoms with van der Waals surface area (Å²) in [6.07, 6.45) is 3.31. The van der Waals surface area contributed by atoms with Gasteiger partial charge in [0.25, 0.3) is 0 Å². The van der Waals surface area contributed by atoms with Crippen LogP contribution in [0.2, 0.25) is 0 Å². The largest absolute Gasteiger partial charge is 0.320 e. The topological polar surface area (TPSA) is 35.5 Å². The molecule has 0 heterocycles. The lowest BCUT2D eigenvalue weighted by molar-refractivity contribution is 0.0112. The highest BCUT2D eigenvalue weighted by molar-refractivity contribution is 7.33. The molecule has 0 amide bonds. The molecule has 0 aliphatic rings. The van der Waals surface area contributed by atoms with Crippen LogP contribution in [0, 0.1) is 0 Å². The molecular weight excluding hydrogens is 704 g/mol. The smallest absolute Gasteiger partial charge is 0.303 e. The molecule has 0 aliphatic heterocycles. The van der Waals surface area contributed by atoms with Crippen LogP contribution in [0.15, 0.2) is 206 Å². The fourth-order valence-corrected chi connectivity index (χ4v) is 9.61. The van der Waals surface area contributed by atoms with Gasteiger partial charge in [-0.3, -0.25) is 4.57 Å². The molecule has 0 N–H and O–H groups in total. The first-order valence-corrected chi connectivity index (χ1v) is 20.8. The molecule has 278 valence electrons.